The molecule has 5 heteroatoms. The number of hydrogen-bond acceptors (Lipinski definition) is 5. The van der Waals surface area contributed by atoms with Crippen LogP contribution >= 0.6 is 0 Å². The molecule has 1 aromatic heterocycles. The molecule has 1 aromatic rings. The molecule has 1 aliphatic rings. The summed E-state index contributed by atoms with van der Waals surface area (Å²) in [5.74, 6) is -0.164. The lowest BCUT2D eigenvalue weighted by atomic mass is 10.0. The van der Waals surface area contributed by atoms with Crippen LogP contribution in [0.2, 0.25) is 0 Å². The summed E-state index contributed by atoms with van der Waals surface area (Å²) >= 11 is 0. The van der Waals surface area contributed by atoms with Gasteiger partial charge in [0, 0.05) is 19.3 Å². The van der Waals surface area contributed by atoms with Crippen LogP contribution in [0.4, 0.5) is 0 Å². The quantitative estimate of drug-likeness (QED) is 0.690. The SMILES string of the molecule is Cc1cc(OC(=O)C2CCOCC2)on1. The smallest absolute Gasteiger partial charge is 0.319 e. The Labute approximate surface area is 87.3 Å². The summed E-state index contributed by atoms with van der Waals surface area (Å²) in [5.41, 5.74) is 0.699. The fraction of sp³-hybridized carbons (Fsp3) is 0.600. The molecule has 15 heavy (non-hydrogen) atoms. The first-order chi connectivity index (χ1) is 7.25. The third-order valence-electron chi connectivity index (χ3n) is 2.36. The molecular weight excluding hydrogens is 198 g/mol. The summed E-state index contributed by atoms with van der Waals surface area (Å²) < 4.78 is 15.0. The van der Waals surface area contributed by atoms with E-state index in [2.05, 4.69) is 5.16 Å². The van der Waals surface area contributed by atoms with Crippen LogP contribution in [0.5, 0.6) is 5.95 Å². The van der Waals surface area contributed by atoms with E-state index in [4.69, 9.17) is 14.0 Å². The van der Waals surface area contributed by atoms with Gasteiger partial charge >= 0.3 is 11.9 Å². The predicted octanol–water partition coefficient (Wildman–Crippen LogP) is 1.32. The Hall–Kier alpha value is -1.36. The standard InChI is InChI=1S/C10H13NO4/c1-7-6-9(15-11-7)14-10(12)8-2-4-13-5-3-8/h6,8H,2-5H2,1H3. The highest BCUT2D eigenvalue weighted by Gasteiger charge is 2.24. The van der Waals surface area contributed by atoms with Gasteiger partial charge in [-0.2, -0.15) is 0 Å². The van der Waals surface area contributed by atoms with E-state index in [1.165, 1.54) is 0 Å². The second kappa shape index (κ2) is 4.44. The van der Waals surface area contributed by atoms with Gasteiger partial charge in [-0.3, -0.25) is 4.79 Å². The molecule has 0 radical (unpaired) electrons. The molecule has 0 unspecified atom stereocenters. The second-order valence-electron chi connectivity index (χ2n) is 3.60. The van der Waals surface area contributed by atoms with Crippen molar-refractivity contribution in [1.82, 2.24) is 5.16 Å². The number of aryl methyl sites for hydroxylation is 1. The molecule has 5 nitrogen and oxygen atoms in total. The van der Waals surface area contributed by atoms with Gasteiger partial charge in [-0.05, 0) is 19.8 Å². The number of esters is 1. The molecule has 2 heterocycles. The van der Waals surface area contributed by atoms with Crippen LogP contribution in [0.1, 0.15) is 18.5 Å². The van der Waals surface area contributed by atoms with E-state index in [9.17, 15) is 4.79 Å². The zero-order chi connectivity index (χ0) is 10.7. The van der Waals surface area contributed by atoms with Crippen molar-refractivity contribution in [3.63, 3.8) is 0 Å². The Morgan fingerprint density at radius 3 is 2.87 bits per heavy atom. The van der Waals surface area contributed by atoms with Crippen molar-refractivity contribution < 1.29 is 18.8 Å². The molecule has 0 amide bonds. The second-order valence-corrected chi connectivity index (χ2v) is 3.60. The van der Waals surface area contributed by atoms with Gasteiger partial charge in [-0.1, -0.05) is 5.16 Å². The van der Waals surface area contributed by atoms with E-state index in [-0.39, 0.29) is 17.8 Å². The number of nitrogens with zero attached hydrogens (tertiary/aromatic N) is 1. The largest absolute Gasteiger partial charge is 0.391 e. The van der Waals surface area contributed by atoms with Crippen molar-refractivity contribution >= 4 is 5.97 Å². The minimum atomic E-state index is -0.255. The maximum Gasteiger partial charge on any atom is 0.319 e. The normalized spacial score (nSPS) is 17.7. The number of hydrogen-bond donors (Lipinski definition) is 0. The van der Waals surface area contributed by atoms with Crippen LogP contribution in [0, 0.1) is 12.8 Å². The van der Waals surface area contributed by atoms with Crippen molar-refractivity contribution in [3.8, 4) is 5.95 Å². The highest BCUT2D eigenvalue weighted by molar-refractivity contribution is 5.74. The van der Waals surface area contributed by atoms with Crippen molar-refractivity contribution in [3.05, 3.63) is 11.8 Å². The number of carbonyl (C=O) groups is 1. The van der Waals surface area contributed by atoms with Gasteiger partial charge in [-0.15, -0.1) is 0 Å². The summed E-state index contributed by atoms with van der Waals surface area (Å²) in [7, 11) is 0. The van der Waals surface area contributed by atoms with E-state index in [0.717, 1.165) is 0 Å². The van der Waals surface area contributed by atoms with Gasteiger partial charge in [0.05, 0.1) is 11.6 Å². The van der Waals surface area contributed by atoms with Crippen LogP contribution in [-0.2, 0) is 9.53 Å². The zero-order valence-electron chi connectivity index (χ0n) is 8.56. The van der Waals surface area contributed by atoms with E-state index >= 15 is 0 Å². The van der Waals surface area contributed by atoms with Gasteiger partial charge in [0.15, 0.2) is 0 Å². The first-order valence-corrected chi connectivity index (χ1v) is 4.98. The Kier molecular flexibility index (Phi) is 3.01. The molecule has 1 fully saturated rings. The fourth-order valence-electron chi connectivity index (χ4n) is 1.50. The molecule has 2 rings (SSSR count). The minimum absolute atomic E-state index is 0.0795. The van der Waals surface area contributed by atoms with Gasteiger partial charge in [0.1, 0.15) is 0 Å². The minimum Gasteiger partial charge on any atom is -0.391 e. The third-order valence-corrected chi connectivity index (χ3v) is 2.36. The van der Waals surface area contributed by atoms with Gasteiger partial charge in [-0.25, -0.2) is 0 Å². The van der Waals surface area contributed by atoms with Crippen LogP contribution in [-0.4, -0.2) is 24.3 Å². The van der Waals surface area contributed by atoms with Crippen LogP contribution in [0.25, 0.3) is 0 Å². The summed E-state index contributed by atoms with van der Waals surface area (Å²) in [6, 6.07) is 1.59. The summed E-state index contributed by atoms with van der Waals surface area (Å²) in [6.45, 7) is 3.01. The van der Waals surface area contributed by atoms with Crippen molar-refractivity contribution in [1.29, 1.82) is 0 Å². The first-order valence-electron chi connectivity index (χ1n) is 4.98. The molecule has 82 valence electrons. The summed E-state index contributed by atoms with van der Waals surface area (Å²) in [4.78, 5) is 11.6. The number of ether oxygens (including phenoxy) is 2. The Morgan fingerprint density at radius 1 is 1.53 bits per heavy atom. The molecular formula is C10H13NO4. The van der Waals surface area contributed by atoms with Crippen LogP contribution in [0.3, 0.4) is 0 Å². The van der Waals surface area contributed by atoms with E-state index in [1.807, 2.05) is 0 Å². The lowest BCUT2D eigenvalue weighted by Crippen LogP contribution is -2.26. The predicted molar refractivity (Wildman–Crippen MR) is 50.4 cm³/mol. The molecule has 0 aromatic carbocycles. The average Bonchev–Trinajstić information content (AvgIpc) is 2.65. The molecule has 0 spiro atoms. The van der Waals surface area contributed by atoms with Gasteiger partial charge in [0.2, 0.25) is 0 Å². The molecule has 0 N–H and O–H groups in total. The lowest BCUT2D eigenvalue weighted by molar-refractivity contribution is -0.143. The van der Waals surface area contributed by atoms with Crippen molar-refractivity contribution in [2.75, 3.05) is 13.2 Å². The fourth-order valence-corrected chi connectivity index (χ4v) is 1.50. The Balaban J connectivity index is 1.91. The van der Waals surface area contributed by atoms with Crippen LogP contribution < -0.4 is 4.74 Å². The Morgan fingerprint density at radius 2 is 2.27 bits per heavy atom. The molecule has 0 saturated carbocycles. The highest BCUT2D eigenvalue weighted by atomic mass is 16.6. The molecule has 0 atom stereocenters. The maximum absolute atomic E-state index is 11.6. The topological polar surface area (TPSA) is 61.6 Å². The Bertz CT molecular complexity index is 341. The number of aromatic nitrogens is 1. The molecule has 0 aliphatic carbocycles. The van der Waals surface area contributed by atoms with E-state index in [0.29, 0.717) is 31.7 Å². The van der Waals surface area contributed by atoms with E-state index in [1.54, 1.807) is 13.0 Å². The number of rotatable bonds is 2. The average molecular weight is 211 g/mol. The van der Waals surface area contributed by atoms with Crippen molar-refractivity contribution in [2.45, 2.75) is 19.8 Å². The highest BCUT2D eigenvalue weighted by Crippen LogP contribution is 2.19. The lowest BCUT2D eigenvalue weighted by Gasteiger charge is -2.19. The maximum atomic E-state index is 11.6. The van der Waals surface area contributed by atoms with Crippen LogP contribution in [0.15, 0.2) is 10.6 Å². The summed E-state index contributed by atoms with van der Waals surface area (Å²) in [5, 5.41) is 3.64. The number of carbonyl (C=O) groups excluding carboxylic acids is 1. The van der Waals surface area contributed by atoms with Crippen molar-refractivity contribution in [2.24, 2.45) is 5.92 Å². The van der Waals surface area contributed by atoms with Gasteiger partial charge < -0.3 is 14.0 Å². The molecule has 1 saturated heterocycles. The molecule has 1 aliphatic heterocycles. The first kappa shape index (κ1) is 10.2. The summed E-state index contributed by atoms with van der Waals surface area (Å²) in [6.07, 6.45) is 1.43. The van der Waals surface area contributed by atoms with E-state index < -0.39 is 0 Å². The monoisotopic (exact) mass is 211 g/mol. The van der Waals surface area contributed by atoms with Gasteiger partial charge in [0.25, 0.3) is 0 Å². The molecule has 0 bridgehead atoms. The zero-order valence-corrected chi connectivity index (χ0v) is 8.56. The third kappa shape index (κ3) is 2.56.